The average molecular weight is 343 g/mol. The van der Waals surface area contributed by atoms with Crippen molar-refractivity contribution in [2.75, 3.05) is 0 Å². The Kier molecular flexibility index (Phi) is 5.75. The van der Waals surface area contributed by atoms with Gasteiger partial charge in [0.15, 0.2) is 0 Å². The monoisotopic (exact) mass is 343 g/mol. The van der Waals surface area contributed by atoms with Crippen LogP contribution >= 0.6 is 0 Å². The van der Waals surface area contributed by atoms with Gasteiger partial charge in [-0.25, -0.2) is 0 Å². The summed E-state index contributed by atoms with van der Waals surface area (Å²) in [5.74, 6) is 0. The third-order valence-electron chi connectivity index (χ3n) is 4.50. The number of rotatable bonds is 4. The third kappa shape index (κ3) is 4.45. The Balaban J connectivity index is 2.14. The minimum Gasteiger partial charge on any atom is -0.308 e. The normalized spacial score (nSPS) is 23.6. The van der Waals surface area contributed by atoms with Crippen LogP contribution in [0.4, 0.5) is 13.2 Å². The van der Waals surface area contributed by atoms with E-state index in [-0.39, 0.29) is 11.1 Å². The molecule has 0 saturated heterocycles. The van der Waals surface area contributed by atoms with E-state index in [1.54, 1.807) is 0 Å². The zero-order valence-electron chi connectivity index (χ0n) is 12.0. The Hall–Kier alpha value is -0.0831. The Morgan fingerprint density at radius 2 is 1.19 bits per heavy atom. The van der Waals surface area contributed by atoms with Gasteiger partial charge in [0, 0.05) is 0 Å². The lowest BCUT2D eigenvalue weighted by atomic mass is 9.99. The highest BCUT2D eigenvalue weighted by atomic mass is 32.2. The van der Waals surface area contributed by atoms with Gasteiger partial charge < -0.3 is 3.87 Å². The van der Waals surface area contributed by atoms with Crippen molar-refractivity contribution in [2.45, 2.75) is 80.8 Å². The Morgan fingerprint density at radius 3 is 1.52 bits per heavy atom. The minimum absolute atomic E-state index is 0.0453. The summed E-state index contributed by atoms with van der Waals surface area (Å²) in [5, 5.41) is 0. The highest BCUT2D eigenvalue weighted by Crippen LogP contribution is 2.43. The lowest BCUT2D eigenvalue weighted by Gasteiger charge is -2.34. The van der Waals surface area contributed by atoms with Gasteiger partial charge in [-0.05, 0) is 11.1 Å². The molecule has 0 aromatic heterocycles. The first-order valence-electron chi connectivity index (χ1n) is 7.69. The summed E-state index contributed by atoms with van der Waals surface area (Å²) < 4.78 is 65.6. The summed E-state index contributed by atoms with van der Waals surface area (Å²) in [6, 6.07) is 0. The Morgan fingerprint density at radius 1 is 0.810 bits per heavy atom. The van der Waals surface area contributed by atoms with Crippen LogP contribution in [0, 0.1) is 0 Å². The quantitative estimate of drug-likeness (QED) is 0.557. The van der Waals surface area contributed by atoms with Crippen molar-refractivity contribution in [3.8, 4) is 0 Å². The van der Waals surface area contributed by atoms with Gasteiger partial charge in [0.05, 0.1) is 0 Å². The maximum atomic E-state index is 12.6. The van der Waals surface area contributed by atoms with E-state index in [0.717, 1.165) is 64.2 Å². The summed E-state index contributed by atoms with van der Waals surface area (Å²) in [7, 11) is -7.44. The SMILES string of the molecule is O=S(=O)(O[Si](C1CCCCC1)C1CCCCC1)C(F)(F)F. The van der Waals surface area contributed by atoms with Crippen molar-refractivity contribution in [1.29, 1.82) is 0 Å². The lowest BCUT2D eigenvalue weighted by Crippen LogP contribution is -2.39. The number of hydrogen-bond acceptors (Lipinski definition) is 3. The van der Waals surface area contributed by atoms with E-state index in [4.69, 9.17) is 3.87 Å². The maximum absolute atomic E-state index is 12.6. The summed E-state index contributed by atoms with van der Waals surface area (Å²) in [5.41, 5.74) is -5.21. The smallest absolute Gasteiger partial charge is 0.308 e. The molecule has 0 unspecified atom stereocenters. The molecule has 0 aromatic rings. The molecule has 0 aliphatic heterocycles. The summed E-state index contributed by atoms with van der Waals surface area (Å²) in [4.78, 5) is 0. The first-order valence-corrected chi connectivity index (χ1v) is 10.7. The second kappa shape index (κ2) is 7.00. The van der Waals surface area contributed by atoms with Crippen molar-refractivity contribution in [2.24, 2.45) is 0 Å². The predicted octanol–water partition coefficient (Wildman–Crippen LogP) is 4.51. The lowest BCUT2D eigenvalue weighted by molar-refractivity contribution is -0.0503. The molecule has 1 radical (unpaired) electrons. The molecule has 0 atom stereocenters. The van der Waals surface area contributed by atoms with Crippen molar-refractivity contribution < 1.29 is 25.5 Å². The molecule has 21 heavy (non-hydrogen) atoms. The number of alkyl halides is 3. The van der Waals surface area contributed by atoms with E-state index >= 15 is 0 Å². The zero-order chi connectivity index (χ0) is 15.5. The zero-order valence-corrected chi connectivity index (χ0v) is 13.8. The van der Waals surface area contributed by atoms with E-state index in [1.165, 1.54) is 0 Å². The van der Waals surface area contributed by atoms with Crippen molar-refractivity contribution in [1.82, 2.24) is 0 Å². The summed E-state index contributed by atoms with van der Waals surface area (Å²) in [6.45, 7) is 0. The molecule has 123 valence electrons. The van der Waals surface area contributed by atoms with Gasteiger partial charge in [-0.1, -0.05) is 64.2 Å². The highest BCUT2D eigenvalue weighted by Gasteiger charge is 2.51. The summed E-state index contributed by atoms with van der Waals surface area (Å²) in [6.07, 6.45) is 9.33. The molecule has 0 spiro atoms. The van der Waals surface area contributed by atoms with Crippen LogP contribution in [0.25, 0.3) is 0 Å². The number of halogens is 3. The van der Waals surface area contributed by atoms with Crippen LogP contribution in [0.3, 0.4) is 0 Å². The fourth-order valence-electron chi connectivity index (χ4n) is 3.42. The first-order chi connectivity index (χ1) is 9.81. The van der Waals surface area contributed by atoms with E-state index in [0.29, 0.717) is 0 Å². The molecule has 0 heterocycles. The largest absolute Gasteiger partial charge is 0.522 e. The first kappa shape index (κ1) is 17.3. The van der Waals surface area contributed by atoms with Crippen molar-refractivity contribution in [3.05, 3.63) is 0 Å². The van der Waals surface area contributed by atoms with Crippen LogP contribution in [0.2, 0.25) is 11.1 Å². The van der Waals surface area contributed by atoms with Crippen molar-refractivity contribution in [3.63, 3.8) is 0 Å². The molecule has 3 nitrogen and oxygen atoms in total. The van der Waals surface area contributed by atoms with E-state index in [9.17, 15) is 21.6 Å². The van der Waals surface area contributed by atoms with Gasteiger partial charge in [0.2, 0.25) is 9.04 Å². The van der Waals surface area contributed by atoms with Crippen LogP contribution in [0.1, 0.15) is 64.2 Å². The fourth-order valence-corrected chi connectivity index (χ4v) is 8.52. The van der Waals surface area contributed by atoms with Crippen LogP contribution in [-0.4, -0.2) is 23.0 Å². The molecule has 2 saturated carbocycles. The molecule has 2 fully saturated rings. The Labute approximate surface area is 126 Å². The van der Waals surface area contributed by atoms with E-state index < -0.39 is 24.7 Å². The molecule has 2 rings (SSSR count). The summed E-state index contributed by atoms with van der Waals surface area (Å²) >= 11 is 0. The predicted molar refractivity (Wildman–Crippen MR) is 75.5 cm³/mol. The standard InChI is InChI=1S/C13H22F3O3SSi/c14-13(15,16)20(17,18)19-21(11-7-3-1-4-8-11)12-9-5-2-6-10-12/h11-12H,1-10H2. The minimum atomic E-state index is -5.45. The van der Waals surface area contributed by atoms with Gasteiger partial charge >= 0.3 is 15.6 Å². The van der Waals surface area contributed by atoms with Crippen molar-refractivity contribution >= 4 is 19.2 Å². The highest BCUT2D eigenvalue weighted by molar-refractivity contribution is 7.88. The second-order valence-electron chi connectivity index (χ2n) is 6.06. The number of hydrogen-bond donors (Lipinski definition) is 0. The topological polar surface area (TPSA) is 43.4 Å². The molecule has 0 amide bonds. The maximum Gasteiger partial charge on any atom is 0.522 e. The van der Waals surface area contributed by atoms with E-state index in [2.05, 4.69) is 0 Å². The van der Waals surface area contributed by atoms with Crippen LogP contribution in [0.15, 0.2) is 0 Å². The van der Waals surface area contributed by atoms with E-state index in [1.807, 2.05) is 0 Å². The molecule has 2 aliphatic rings. The Bertz CT molecular complexity index is 408. The molecule has 0 bridgehead atoms. The average Bonchev–Trinajstić information content (AvgIpc) is 2.45. The molecular formula is C13H22F3O3SSi. The second-order valence-corrected chi connectivity index (χ2v) is 10.5. The van der Waals surface area contributed by atoms with Gasteiger partial charge in [-0.3, -0.25) is 0 Å². The molecule has 8 heteroatoms. The van der Waals surface area contributed by atoms with Crippen LogP contribution in [-0.2, 0) is 14.0 Å². The fraction of sp³-hybridized carbons (Fsp3) is 1.00. The van der Waals surface area contributed by atoms with Crippen LogP contribution < -0.4 is 0 Å². The molecule has 0 N–H and O–H groups in total. The van der Waals surface area contributed by atoms with Gasteiger partial charge in [0.25, 0.3) is 0 Å². The molecule has 0 aromatic carbocycles. The van der Waals surface area contributed by atoms with Gasteiger partial charge in [0.1, 0.15) is 0 Å². The van der Waals surface area contributed by atoms with Gasteiger partial charge in [-0.15, -0.1) is 0 Å². The van der Waals surface area contributed by atoms with Crippen LogP contribution in [0.5, 0.6) is 0 Å². The van der Waals surface area contributed by atoms with Gasteiger partial charge in [-0.2, -0.15) is 21.6 Å². The third-order valence-corrected chi connectivity index (χ3v) is 9.48. The molecular weight excluding hydrogens is 321 g/mol. The molecule has 2 aliphatic carbocycles.